The highest BCUT2D eigenvalue weighted by Gasteiger charge is 2.19. The normalized spacial score (nSPS) is 14.9. The first-order valence-electron chi connectivity index (χ1n) is 6.11. The fourth-order valence-electron chi connectivity index (χ4n) is 1.91. The Kier molecular flexibility index (Phi) is 7.34. The molecule has 2 atom stereocenters. The van der Waals surface area contributed by atoms with Crippen LogP contribution < -0.4 is 5.32 Å². The van der Waals surface area contributed by atoms with E-state index in [-0.39, 0.29) is 11.9 Å². The maximum atomic E-state index is 12.0. The topological polar surface area (TPSA) is 35.6 Å². The van der Waals surface area contributed by atoms with Crippen LogP contribution >= 0.6 is 0 Å². The van der Waals surface area contributed by atoms with E-state index in [1.807, 2.05) is 39.8 Å². The van der Waals surface area contributed by atoms with E-state index in [1.165, 1.54) is 0 Å². The summed E-state index contributed by atoms with van der Waals surface area (Å²) in [6, 6.07) is 0.222. The number of carbonyl (C=O) groups is 1. The third-order valence-electron chi connectivity index (χ3n) is 2.62. The quantitative estimate of drug-likeness (QED) is 0.701. The van der Waals surface area contributed by atoms with Gasteiger partial charge in [-0.15, -0.1) is 0 Å². The van der Waals surface area contributed by atoms with E-state index in [0.717, 1.165) is 19.6 Å². The van der Waals surface area contributed by atoms with E-state index < -0.39 is 0 Å². The number of amides is 1. The highest BCUT2D eigenvalue weighted by atomic mass is 16.2. The highest BCUT2D eigenvalue weighted by Crippen LogP contribution is 1.97. The minimum Gasteiger partial charge on any atom is -0.342 e. The predicted octanol–water partition coefficient (Wildman–Crippen LogP) is 0.783. The van der Waals surface area contributed by atoms with Crippen LogP contribution in [0.1, 0.15) is 27.7 Å². The van der Waals surface area contributed by atoms with Gasteiger partial charge >= 0.3 is 0 Å². The second kappa shape index (κ2) is 7.63. The molecule has 1 N–H and O–H groups in total. The Balaban J connectivity index is 4.13. The van der Waals surface area contributed by atoms with E-state index in [2.05, 4.69) is 17.1 Å². The molecule has 16 heavy (non-hydrogen) atoms. The van der Waals surface area contributed by atoms with Crippen molar-refractivity contribution in [2.75, 3.05) is 33.7 Å². The average molecular weight is 229 g/mol. The molecule has 2 unspecified atom stereocenters. The van der Waals surface area contributed by atoms with Crippen molar-refractivity contribution in [1.29, 1.82) is 0 Å². The second-order valence-corrected chi connectivity index (χ2v) is 4.56. The van der Waals surface area contributed by atoms with E-state index in [4.69, 9.17) is 0 Å². The van der Waals surface area contributed by atoms with Crippen LogP contribution in [0.4, 0.5) is 0 Å². The minimum absolute atomic E-state index is 0.102. The van der Waals surface area contributed by atoms with Gasteiger partial charge in [0.1, 0.15) is 0 Å². The van der Waals surface area contributed by atoms with Crippen molar-refractivity contribution >= 4 is 5.91 Å². The highest BCUT2D eigenvalue weighted by molar-refractivity contribution is 5.81. The van der Waals surface area contributed by atoms with E-state index >= 15 is 0 Å². The zero-order valence-electron chi connectivity index (χ0n) is 11.6. The summed E-state index contributed by atoms with van der Waals surface area (Å²) in [7, 11) is 4.07. The van der Waals surface area contributed by atoms with Crippen LogP contribution in [0.15, 0.2) is 0 Å². The van der Waals surface area contributed by atoms with Crippen molar-refractivity contribution in [3.8, 4) is 0 Å². The molecule has 0 aliphatic carbocycles. The molecule has 0 aliphatic rings. The Bertz CT molecular complexity index is 202. The summed E-state index contributed by atoms with van der Waals surface area (Å²) in [5.74, 6) is 0.190. The number of rotatable bonds is 7. The zero-order chi connectivity index (χ0) is 12.7. The van der Waals surface area contributed by atoms with Gasteiger partial charge in [0.2, 0.25) is 5.91 Å². The number of likely N-dealkylation sites (N-methyl/N-ethyl adjacent to an activating group) is 2. The number of hydrogen-bond donors (Lipinski definition) is 1. The van der Waals surface area contributed by atoms with Gasteiger partial charge in [-0.1, -0.05) is 0 Å². The van der Waals surface area contributed by atoms with Gasteiger partial charge in [0.05, 0.1) is 6.04 Å². The maximum absolute atomic E-state index is 12.0. The zero-order valence-corrected chi connectivity index (χ0v) is 11.6. The minimum atomic E-state index is -0.102. The first kappa shape index (κ1) is 15.4. The molecule has 0 bridgehead atoms. The summed E-state index contributed by atoms with van der Waals surface area (Å²) in [5.41, 5.74) is 0. The van der Waals surface area contributed by atoms with Crippen molar-refractivity contribution in [3.63, 3.8) is 0 Å². The lowest BCUT2D eigenvalue weighted by atomic mass is 10.2. The molecule has 0 aromatic rings. The number of nitrogens with one attached hydrogen (secondary N) is 1. The summed E-state index contributed by atoms with van der Waals surface area (Å²) in [5, 5.41) is 3.33. The fourth-order valence-corrected chi connectivity index (χ4v) is 1.91. The number of hydrogen-bond acceptors (Lipinski definition) is 3. The van der Waals surface area contributed by atoms with Crippen LogP contribution in [0, 0.1) is 0 Å². The Hall–Kier alpha value is -0.610. The lowest BCUT2D eigenvalue weighted by Gasteiger charge is -2.27. The second-order valence-electron chi connectivity index (χ2n) is 4.56. The van der Waals surface area contributed by atoms with Gasteiger partial charge in [-0.05, 0) is 41.8 Å². The lowest BCUT2D eigenvalue weighted by molar-refractivity contribution is -0.132. The van der Waals surface area contributed by atoms with Crippen LogP contribution in [0.5, 0.6) is 0 Å². The largest absolute Gasteiger partial charge is 0.342 e. The molecule has 0 rings (SSSR count). The number of carbonyl (C=O) groups excluding carboxylic acids is 1. The third kappa shape index (κ3) is 5.47. The molecule has 0 saturated heterocycles. The van der Waals surface area contributed by atoms with Gasteiger partial charge in [-0.25, -0.2) is 0 Å². The molecule has 4 nitrogen and oxygen atoms in total. The molecule has 0 saturated carbocycles. The molecule has 0 spiro atoms. The molecule has 1 amide bonds. The van der Waals surface area contributed by atoms with Crippen LogP contribution in [0.2, 0.25) is 0 Å². The van der Waals surface area contributed by atoms with Crippen LogP contribution in [-0.4, -0.2) is 61.5 Å². The Morgan fingerprint density at radius 2 is 1.69 bits per heavy atom. The van der Waals surface area contributed by atoms with Gasteiger partial charge in [0.25, 0.3) is 0 Å². The molecule has 0 fully saturated rings. The van der Waals surface area contributed by atoms with Crippen molar-refractivity contribution in [2.24, 2.45) is 0 Å². The molecule has 4 heteroatoms. The van der Waals surface area contributed by atoms with Crippen molar-refractivity contribution < 1.29 is 4.79 Å². The monoisotopic (exact) mass is 229 g/mol. The SMILES string of the molecule is CCN(CC)C(=O)C(C)NC(C)CN(C)C. The van der Waals surface area contributed by atoms with Gasteiger partial charge in [-0.2, -0.15) is 0 Å². The first-order valence-corrected chi connectivity index (χ1v) is 6.11. The van der Waals surface area contributed by atoms with Gasteiger partial charge in [0, 0.05) is 25.7 Å². The molecule has 0 radical (unpaired) electrons. The first-order chi connectivity index (χ1) is 7.42. The molecular weight excluding hydrogens is 202 g/mol. The van der Waals surface area contributed by atoms with Crippen molar-refractivity contribution in [3.05, 3.63) is 0 Å². The average Bonchev–Trinajstić information content (AvgIpc) is 2.17. The van der Waals surface area contributed by atoms with Gasteiger partial charge in [0.15, 0.2) is 0 Å². The third-order valence-corrected chi connectivity index (χ3v) is 2.62. The fraction of sp³-hybridized carbons (Fsp3) is 0.917. The summed E-state index contributed by atoms with van der Waals surface area (Å²) in [6.07, 6.45) is 0. The molecule has 96 valence electrons. The van der Waals surface area contributed by atoms with Crippen LogP contribution in [0.25, 0.3) is 0 Å². The summed E-state index contributed by atoms with van der Waals surface area (Å²) in [4.78, 5) is 16.0. The molecule has 0 heterocycles. The molecule has 0 aliphatic heterocycles. The summed E-state index contributed by atoms with van der Waals surface area (Å²) in [6.45, 7) is 10.6. The van der Waals surface area contributed by atoms with Crippen LogP contribution in [-0.2, 0) is 4.79 Å². The summed E-state index contributed by atoms with van der Waals surface area (Å²) >= 11 is 0. The van der Waals surface area contributed by atoms with Crippen LogP contribution in [0.3, 0.4) is 0 Å². The standard InChI is InChI=1S/C12H27N3O/c1-7-15(8-2)12(16)11(4)13-10(3)9-14(5)6/h10-11,13H,7-9H2,1-6H3. The smallest absolute Gasteiger partial charge is 0.239 e. The maximum Gasteiger partial charge on any atom is 0.239 e. The predicted molar refractivity (Wildman–Crippen MR) is 68.5 cm³/mol. The Labute approximate surface area is 100.0 Å². The van der Waals surface area contributed by atoms with Crippen molar-refractivity contribution in [2.45, 2.75) is 39.8 Å². The summed E-state index contributed by atoms with van der Waals surface area (Å²) < 4.78 is 0. The molecule has 0 aromatic heterocycles. The van der Waals surface area contributed by atoms with Gasteiger partial charge in [-0.3, -0.25) is 4.79 Å². The van der Waals surface area contributed by atoms with Crippen molar-refractivity contribution in [1.82, 2.24) is 15.1 Å². The molecule has 0 aromatic carbocycles. The Morgan fingerprint density at radius 3 is 2.06 bits per heavy atom. The number of nitrogens with zero attached hydrogens (tertiary/aromatic N) is 2. The van der Waals surface area contributed by atoms with E-state index in [1.54, 1.807) is 0 Å². The van der Waals surface area contributed by atoms with E-state index in [9.17, 15) is 4.79 Å². The lowest BCUT2D eigenvalue weighted by Crippen LogP contribution is -2.49. The Morgan fingerprint density at radius 1 is 1.19 bits per heavy atom. The molecular formula is C12H27N3O. The van der Waals surface area contributed by atoms with Gasteiger partial charge < -0.3 is 15.1 Å². The van der Waals surface area contributed by atoms with E-state index in [0.29, 0.717) is 6.04 Å².